The number of carbonyl (C=O) groups is 4. The highest BCUT2D eigenvalue weighted by Crippen LogP contribution is 2.45. The van der Waals surface area contributed by atoms with Gasteiger partial charge in [-0.3, -0.25) is 37.3 Å². The molecule has 7 atom stereocenters. The number of aliphatic hydroxyl groups excluding tert-OH is 1. The minimum atomic E-state index is -4.97. The zero-order valence-electron chi connectivity index (χ0n) is 70.1. The Hall–Kier alpha value is -1.94. The maximum Gasteiger partial charge on any atom is 0.472 e. The lowest BCUT2D eigenvalue weighted by molar-refractivity contribution is -0.161. The van der Waals surface area contributed by atoms with Gasteiger partial charge in [-0.05, 0) is 49.4 Å². The molecule has 3 N–H and O–H groups in total. The van der Waals surface area contributed by atoms with Crippen molar-refractivity contribution in [2.24, 2.45) is 23.7 Å². The maximum absolute atomic E-state index is 13.1. The summed E-state index contributed by atoms with van der Waals surface area (Å²) >= 11 is 0. The fourth-order valence-corrected chi connectivity index (χ4v) is 15.0. The van der Waals surface area contributed by atoms with Crippen LogP contribution in [0.4, 0.5) is 0 Å². The first-order valence-electron chi connectivity index (χ1n) is 44.8. The average molecular weight is 1550 g/mol. The van der Waals surface area contributed by atoms with Crippen LogP contribution in [0.15, 0.2) is 0 Å². The highest BCUT2D eigenvalue weighted by molar-refractivity contribution is 7.47. The van der Waals surface area contributed by atoms with Gasteiger partial charge in [0.2, 0.25) is 0 Å². The molecule has 630 valence electrons. The van der Waals surface area contributed by atoms with E-state index in [0.717, 1.165) is 114 Å². The molecule has 0 aromatic heterocycles. The van der Waals surface area contributed by atoms with E-state index in [1.54, 1.807) is 0 Å². The molecule has 0 aromatic rings. The van der Waals surface area contributed by atoms with E-state index in [-0.39, 0.29) is 25.7 Å². The molecular weight excluding hydrogens is 1380 g/mol. The van der Waals surface area contributed by atoms with E-state index < -0.39 is 97.5 Å². The van der Waals surface area contributed by atoms with Gasteiger partial charge in [0.25, 0.3) is 0 Å². The largest absolute Gasteiger partial charge is 0.472 e. The molecule has 17 nitrogen and oxygen atoms in total. The van der Waals surface area contributed by atoms with E-state index in [0.29, 0.717) is 31.6 Å². The van der Waals surface area contributed by atoms with Crippen molar-refractivity contribution < 1.29 is 80.2 Å². The third-order valence-electron chi connectivity index (χ3n) is 21.0. The van der Waals surface area contributed by atoms with Crippen molar-refractivity contribution in [3.05, 3.63) is 0 Å². The van der Waals surface area contributed by atoms with Gasteiger partial charge in [-0.2, -0.15) is 0 Å². The second-order valence-corrected chi connectivity index (χ2v) is 35.6. The zero-order valence-corrected chi connectivity index (χ0v) is 71.9. The van der Waals surface area contributed by atoms with Crippen LogP contribution >= 0.6 is 15.6 Å². The number of esters is 4. The molecule has 0 spiro atoms. The third kappa shape index (κ3) is 77.4. The molecule has 19 heteroatoms. The maximum atomic E-state index is 13.1. The predicted molar refractivity (Wildman–Crippen MR) is 437 cm³/mol. The Morgan fingerprint density at radius 1 is 0.264 bits per heavy atom. The molecule has 0 amide bonds. The molecule has 0 aliphatic rings. The van der Waals surface area contributed by atoms with E-state index >= 15 is 0 Å². The Balaban J connectivity index is 5.15. The Morgan fingerprint density at radius 3 is 0.670 bits per heavy atom. The summed E-state index contributed by atoms with van der Waals surface area (Å²) in [7, 11) is -9.93. The summed E-state index contributed by atoms with van der Waals surface area (Å²) in [6.07, 6.45) is 65.5. The fraction of sp³-hybridized carbons (Fsp3) is 0.954. The number of hydrogen-bond donors (Lipinski definition) is 3. The standard InChI is InChI=1S/C87H170O17P2/c1-9-79(7)65-57-49-40-34-28-24-20-16-12-14-18-22-26-30-37-43-53-61-69-86(91)104-83(74-98-85(90)68-60-52-46-45-48-56-64-78(5)6)76-102-106(95,96)100-72-81(88)71-99-105(93,94)101-75-82(103-87(92)70-62-54-44-38-32-31-35-41-50-58-66-80(8)10-2)73-97-84(89)67-59-51-42-36-29-25-21-17-13-11-15-19-23-27-33-39-47-55-63-77(3)4/h77-83,88H,9-76H2,1-8H3,(H,93,94)(H,95,96)/t79?,80?,81-,82-,83-/m1/s1. The van der Waals surface area contributed by atoms with Crippen molar-refractivity contribution in [2.45, 2.75) is 472 Å². The quantitative estimate of drug-likeness (QED) is 0.0222. The van der Waals surface area contributed by atoms with Crippen LogP contribution in [0.5, 0.6) is 0 Å². The SMILES string of the molecule is CCC(C)CCCCCCCCCCCCCCCCCCCCC(=O)O[C@H](COC(=O)CCCCCCCCC(C)C)COP(=O)(O)OC[C@H](O)COP(=O)(O)OC[C@@H](COC(=O)CCCCCCCCCCCCCCCCCCCCC(C)C)OC(=O)CCCCCCCCCCCCC(C)CC. The van der Waals surface area contributed by atoms with E-state index in [4.69, 9.17) is 37.0 Å². The number of phosphoric acid groups is 2. The number of phosphoric ester groups is 2. The summed E-state index contributed by atoms with van der Waals surface area (Å²) in [5.74, 6) is 1.07. The Bertz CT molecular complexity index is 2060. The molecule has 0 bridgehead atoms. The van der Waals surface area contributed by atoms with E-state index in [9.17, 15) is 43.2 Å². The molecule has 0 rings (SSSR count). The second kappa shape index (κ2) is 75.7. The number of carbonyl (C=O) groups excluding carboxylic acids is 4. The first kappa shape index (κ1) is 104. The van der Waals surface area contributed by atoms with Gasteiger partial charge < -0.3 is 33.8 Å². The Morgan fingerprint density at radius 2 is 0.453 bits per heavy atom. The van der Waals surface area contributed by atoms with Crippen LogP contribution in [-0.4, -0.2) is 96.7 Å². The van der Waals surface area contributed by atoms with Gasteiger partial charge in [0.15, 0.2) is 12.2 Å². The van der Waals surface area contributed by atoms with Crippen molar-refractivity contribution in [1.29, 1.82) is 0 Å². The van der Waals surface area contributed by atoms with Gasteiger partial charge in [-0.1, -0.05) is 402 Å². The summed E-state index contributed by atoms with van der Waals surface area (Å²) in [4.78, 5) is 73.2. The average Bonchev–Trinajstić information content (AvgIpc) is 0.904. The molecule has 0 aromatic carbocycles. The molecule has 0 heterocycles. The molecule has 106 heavy (non-hydrogen) atoms. The minimum absolute atomic E-state index is 0.106. The van der Waals surface area contributed by atoms with Crippen LogP contribution in [0, 0.1) is 23.7 Å². The van der Waals surface area contributed by atoms with Crippen LogP contribution in [0.2, 0.25) is 0 Å². The smallest absolute Gasteiger partial charge is 0.462 e. The summed E-state index contributed by atoms with van der Waals surface area (Å²) < 4.78 is 68.8. The molecule has 0 saturated carbocycles. The molecule has 4 unspecified atom stereocenters. The highest BCUT2D eigenvalue weighted by atomic mass is 31.2. The minimum Gasteiger partial charge on any atom is -0.462 e. The number of hydrogen-bond acceptors (Lipinski definition) is 15. The van der Waals surface area contributed by atoms with E-state index in [1.807, 2.05) is 0 Å². The number of ether oxygens (including phenoxy) is 4. The molecule has 0 aliphatic heterocycles. The van der Waals surface area contributed by atoms with Gasteiger partial charge in [-0.25, -0.2) is 9.13 Å². The predicted octanol–water partition coefficient (Wildman–Crippen LogP) is 26.3. The summed E-state index contributed by atoms with van der Waals surface area (Å²) in [5, 5.41) is 10.7. The van der Waals surface area contributed by atoms with Crippen molar-refractivity contribution in [3.8, 4) is 0 Å². The second-order valence-electron chi connectivity index (χ2n) is 32.7. The van der Waals surface area contributed by atoms with Gasteiger partial charge in [0.05, 0.1) is 26.4 Å². The molecule has 0 radical (unpaired) electrons. The number of aliphatic hydroxyl groups is 1. The zero-order chi connectivity index (χ0) is 78.1. The first-order chi connectivity index (χ1) is 51.2. The lowest BCUT2D eigenvalue weighted by atomic mass is 9.99. The molecule has 0 aliphatic carbocycles. The van der Waals surface area contributed by atoms with Crippen LogP contribution in [-0.2, 0) is 65.4 Å². The topological polar surface area (TPSA) is 237 Å². The summed E-state index contributed by atoms with van der Waals surface area (Å²) in [5.41, 5.74) is 0. The normalized spacial score (nSPS) is 14.4. The highest BCUT2D eigenvalue weighted by Gasteiger charge is 2.31. The first-order valence-corrected chi connectivity index (χ1v) is 47.8. The van der Waals surface area contributed by atoms with E-state index in [2.05, 4.69) is 55.4 Å². The van der Waals surface area contributed by atoms with Gasteiger partial charge in [0.1, 0.15) is 19.3 Å². The fourth-order valence-electron chi connectivity index (χ4n) is 13.4. The van der Waals surface area contributed by atoms with Gasteiger partial charge in [0, 0.05) is 25.7 Å². The Kier molecular flexibility index (Phi) is 74.3. The number of rotatable bonds is 84. The van der Waals surface area contributed by atoms with E-state index in [1.165, 1.54) is 250 Å². The summed E-state index contributed by atoms with van der Waals surface area (Å²) in [6, 6.07) is 0. The van der Waals surface area contributed by atoms with Crippen LogP contribution in [0.3, 0.4) is 0 Å². The summed E-state index contributed by atoms with van der Waals surface area (Å²) in [6.45, 7) is 14.3. The van der Waals surface area contributed by atoms with Crippen molar-refractivity contribution in [1.82, 2.24) is 0 Å². The van der Waals surface area contributed by atoms with Gasteiger partial charge in [-0.15, -0.1) is 0 Å². The number of unbranched alkanes of at least 4 members (excludes halogenated alkanes) is 48. The lowest BCUT2D eigenvalue weighted by Gasteiger charge is -2.21. The van der Waals surface area contributed by atoms with Crippen molar-refractivity contribution >= 4 is 39.5 Å². The molecular formula is C87H170O17P2. The van der Waals surface area contributed by atoms with Crippen LogP contribution in [0.25, 0.3) is 0 Å². The lowest BCUT2D eigenvalue weighted by Crippen LogP contribution is -2.30. The monoisotopic (exact) mass is 1550 g/mol. The van der Waals surface area contributed by atoms with Crippen molar-refractivity contribution in [3.63, 3.8) is 0 Å². The Labute approximate surface area is 651 Å². The van der Waals surface area contributed by atoms with Gasteiger partial charge >= 0.3 is 39.5 Å². The molecule has 0 saturated heterocycles. The van der Waals surface area contributed by atoms with Crippen LogP contribution in [0.1, 0.15) is 453 Å². The van der Waals surface area contributed by atoms with Crippen LogP contribution < -0.4 is 0 Å². The molecule has 0 fully saturated rings. The van der Waals surface area contributed by atoms with Crippen molar-refractivity contribution in [2.75, 3.05) is 39.6 Å². The third-order valence-corrected chi connectivity index (χ3v) is 22.9.